The molecule has 5 heteroatoms. The summed E-state index contributed by atoms with van der Waals surface area (Å²) in [4.78, 5) is 14.8. The fraction of sp³-hybridized carbons (Fsp3) is 0. The average Bonchev–Trinajstić information content (AvgIpc) is 3.72. The summed E-state index contributed by atoms with van der Waals surface area (Å²) in [6.45, 7) is 0. The van der Waals surface area contributed by atoms with Crippen LogP contribution >= 0.6 is 0 Å². The molecule has 0 aliphatic rings. The molecule has 50 heavy (non-hydrogen) atoms. The van der Waals surface area contributed by atoms with Crippen molar-refractivity contribution >= 4 is 43.7 Å². The van der Waals surface area contributed by atoms with Crippen molar-refractivity contribution in [3.8, 4) is 51.0 Å². The molecule has 3 aromatic heterocycles. The molecule has 0 saturated heterocycles. The molecule has 0 N–H and O–H groups in total. The van der Waals surface area contributed by atoms with E-state index in [0.29, 0.717) is 17.5 Å². The van der Waals surface area contributed by atoms with E-state index in [9.17, 15) is 0 Å². The lowest BCUT2D eigenvalue weighted by atomic mass is 10.0. The van der Waals surface area contributed by atoms with E-state index in [0.717, 1.165) is 55.3 Å². The molecule has 10 rings (SSSR count). The van der Waals surface area contributed by atoms with Gasteiger partial charge in [0.25, 0.3) is 0 Å². The summed E-state index contributed by atoms with van der Waals surface area (Å²) in [5.41, 5.74) is 10.2. The van der Waals surface area contributed by atoms with Crippen LogP contribution in [0.5, 0.6) is 0 Å². The highest BCUT2D eigenvalue weighted by Gasteiger charge is 2.18. The van der Waals surface area contributed by atoms with Gasteiger partial charge in [-0.05, 0) is 53.6 Å². The van der Waals surface area contributed by atoms with E-state index in [4.69, 9.17) is 19.4 Å². The van der Waals surface area contributed by atoms with Gasteiger partial charge in [-0.3, -0.25) is 0 Å². The van der Waals surface area contributed by atoms with Crippen molar-refractivity contribution in [3.05, 3.63) is 170 Å². The Kier molecular flexibility index (Phi) is 6.42. The summed E-state index contributed by atoms with van der Waals surface area (Å²) in [5, 5.41) is 4.61. The fourth-order valence-corrected chi connectivity index (χ4v) is 7.02. The number of rotatable bonds is 5. The summed E-state index contributed by atoms with van der Waals surface area (Å²) in [6.07, 6.45) is 0. The van der Waals surface area contributed by atoms with Crippen LogP contribution in [0.15, 0.2) is 174 Å². The molecule has 0 bridgehead atoms. The van der Waals surface area contributed by atoms with E-state index in [1.165, 1.54) is 21.9 Å². The van der Waals surface area contributed by atoms with E-state index in [1.807, 2.05) is 72.8 Å². The third kappa shape index (κ3) is 4.67. The second-order valence-electron chi connectivity index (χ2n) is 12.5. The van der Waals surface area contributed by atoms with Crippen molar-refractivity contribution in [3.63, 3.8) is 0 Å². The van der Waals surface area contributed by atoms with Gasteiger partial charge >= 0.3 is 0 Å². The molecule has 0 fully saturated rings. The molecular weight excluding hydrogens is 613 g/mol. The first-order chi connectivity index (χ1) is 24.8. The van der Waals surface area contributed by atoms with Crippen molar-refractivity contribution in [2.45, 2.75) is 0 Å². The van der Waals surface area contributed by atoms with E-state index < -0.39 is 0 Å². The van der Waals surface area contributed by atoms with Gasteiger partial charge in [-0.25, -0.2) is 15.0 Å². The van der Waals surface area contributed by atoms with Gasteiger partial charge < -0.3 is 8.98 Å². The molecule has 0 saturated carbocycles. The molecule has 0 unspecified atom stereocenters. The Bertz CT molecular complexity index is 2780. The second-order valence-corrected chi connectivity index (χ2v) is 12.5. The zero-order valence-electron chi connectivity index (χ0n) is 26.9. The molecule has 7 aromatic carbocycles. The van der Waals surface area contributed by atoms with Crippen LogP contribution in [0.1, 0.15) is 0 Å². The topological polar surface area (TPSA) is 56.7 Å². The van der Waals surface area contributed by atoms with Crippen LogP contribution in [0, 0.1) is 0 Å². The Hall–Kier alpha value is -6.85. The molecule has 234 valence electrons. The molecule has 0 aliphatic heterocycles. The summed E-state index contributed by atoms with van der Waals surface area (Å²) >= 11 is 0. The highest BCUT2D eigenvalue weighted by atomic mass is 16.3. The van der Waals surface area contributed by atoms with Gasteiger partial charge in [0.2, 0.25) is 0 Å². The first kappa shape index (κ1) is 28.2. The van der Waals surface area contributed by atoms with Crippen LogP contribution < -0.4 is 0 Å². The highest BCUT2D eigenvalue weighted by molar-refractivity contribution is 6.17. The maximum absolute atomic E-state index is 6.38. The quantitative estimate of drug-likeness (QED) is 0.188. The molecule has 0 aliphatic carbocycles. The molecule has 10 aromatic rings. The van der Waals surface area contributed by atoms with E-state index in [2.05, 4.69) is 102 Å². The SMILES string of the molecule is c1ccc(-c2ccc3c4cc5c(cc4n(-c4ccc(-c6nc(-c7ccccc7)nc(-c7ccccc7)n6)cc4)c3c2)oc2ccccc25)cc1. The first-order valence-electron chi connectivity index (χ1n) is 16.7. The van der Waals surface area contributed by atoms with Gasteiger partial charge in [0.15, 0.2) is 17.5 Å². The largest absolute Gasteiger partial charge is 0.456 e. The lowest BCUT2D eigenvalue weighted by Gasteiger charge is -2.11. The molecule has 0 spiro atoms. The van der Waals surface area contributed by atoms with Crippen molar-refractivity contribution in [2.75, 3.05) is 0 Å². The fourth-order valence-electron chi connectivity index (χ4n) is 7.02. The number of hydrogen-bond acceptors (Lipinski definition) is 4. The Balaban J connectivity index is 1.16. The van der Waals surface area contributed by atoms with Crippen LogP contribution in [0.2, 0.25) is 0 Å². The van der Waals surface area contributed by atoms with Crippen molar-refractivity contribution in [2.24, 2.45) is 0 Å². The zero-order valence-corrected chi connectivity index (χ0v) is 26.9. The van der Waals surface area contributed by atoms with Gasteiger partial charge in [0.05, 0.1) is 11.0 Å². The second kappa shape index (κ2) is 11.4. The zero-order chi connectivity index (χ0) is 33.0. The summed E-state index contributed by atoms with van der Waals surface area (Å²) in [6, 6.07) is 58.7. The Morgan fingerprint density at radius 3 is 1.50 bits per heavy atom. The Morgan fingerprint density at radius 1 is 0.340 bits per heavy atom. The number of aromatic nitrogens is 4. The van der Waals surface area contributed by atoms with E-state index >= 15 is 0 Å². The number of fused-ring (bicyclic) bond motifs is 6. The number of furan rings is 1. The lowest BCUT2D eigenvalue weighted by Crippen LogP contribution is -2.00. The number of para-hydroxylation sites is 1. The maximum atomic E-state index is 6.38. The van der Waals surface area contributed by atoms with E-state index in [1.54, 1.807) is 0 Å². The third-order valence-electron chi connectivity index (χ3n) is 9.45. The van der Waals surface area contributed by atoms with Crippen molar-refractivity contribution in [1.29, 1.82) is 0 Å². The summed E-state index contributed by atoms with van der Waals surface area (Å²) in [5.74, 6) is 1.91. The monoisotopic (exact) mass is 640 g/mol. The lowest BCUT2D eigenvalue weighted by molar-refractivity contribution is 0.669. The number of hydrogen-bond donors (Lipinski definition) is 0. The molecule has 0 atom stereocenters. The van der Waals surface area contributed by atoms with Gasteiger partial charge in [0, 0.05) is 50.0 Å². The normalized spacial score (nSPS) is 11.6. The van der Waals surface area contributed by atoms with Crippen molar-refractivity contribution in [1.82, 2.24) is 19.5 Å². The molecule has 0 radical (unpaired) electrons. The first-order valence-corrected chi connectivity index (χ1v) is 16.7. The average molecular weight is 641 g/mol. The van der Waals surface area contributed by atoms with Gasteiger partial charge in [-0.15, -0.1) is 0 Å². The smallest absolute Gasteiger partial charge is 0.164 e. The van der Waals surface area contributed by atoms with Crippen molar-refractivity contribution < 1.29 is 4.42 Å². The Labute approximate surface area is 287 Å². The molecule has 0 amide bonds. The predicted molar refractivity (Wildman–Crippen MR) is 203 cm³/mol. The van der Waals surface area contributed by atoms with E-state index in [-0.39, 0.29) is 0 Å². The van der Waals surface area contributed by atoms with Gasteiger partial charge in [0.1, 0.15) is 11.2 Å². The van der Waals surface area contributed by atoms with Gasteiger partial charge in [-0.2, -0.15) is 0 Å². The number of benzene rings is 7. The number of nitrogens with zero attached hydrogens (tertiary/aromatic N) is 4. The highest BCUT2D eigenvalue weighted by Crippen LogP contribution is 2.40. The standard InChI is InChI=1S/C45H28N4O/c1-4-12-29(13-5-1)33-22-25-35-37-27-38-36-18-10-11-19-41(36)50-42(38)28-40(37)49(39(35)26-33)34-23-20-32(21-24-34)45-47-43(30-14-6-2-7-15-30)46-44(48-45)31-16-8-3-9-17-31/h1-28H. The molecule has 3 heterocycles. The van der Waals surface area contributed by atoms with Crippen LogP contribution in [-0.2, 0) is 0 Å². The van der Waals surface area contributed by atoms with Crippen LogP contribution in [0.4, 0.5) is 0 Å². The minimum atomic E-state index is 0.627. The summed E-state index contributed by atoms with van der Waals surface area (Å²) in [7, 11) is 0. The van der Waals surface area contributed by atoms with Crippen LogP contribution in [0.25, 0.3) is 94.7 Å². The van der Waals surface area contributed by atoms with Crippen LogP contribution in [-0.4, -0.2) is 19.5 Å². The molecular formula is C45H28N4O. The summed E-state index contributed by atoms with van der Waals surface area (Å²) < 4.78 is 8.72. The molecule has 5 nitrogen and oxygen atoms in total. The van der Waals surface area contributed by atoms with Gasteiger partial charge in [-0.1, -0.05) is 121 Å². The minimum absolute atomic E-state index is 0.627. The maximum Gasteiger partial charge on any atom is 0.164 e. The Morgan fingerprint density at radius 2 is 0.860 bits per heavy atom. The predicted octanol–water partition coefficient (Wildman–Crippen LogP) is 11.5. The third-order valence-corrected chi connectivity index (χ3v) is 9.45. The minimum Gasteiger partial charge on any atom is -0.456 e. The van der Waals surface area contributed by atoms with Crippen LogP contribution in [0.3, 0.4) is 0 Å².